The number of nitrogens with one attached hydrogen (secondary N) is 1. The van der Waals surface area contributed by atoms with E-state index < -0.39 is 0 Å². The molecule has 1 atom stereocenters. The summed E-state index contributed by atoms with van der Waals surface area (Å²) in [5.74, 6) is 3.11. The lowest BCUT2D eigenvalue weighted by molar-refractivity contribution is -0.118. The van der Waals surface area contributed by atoms with Crippen LogP contribution >= 0.6 is 11.3 Å². The number of thiazole rings is 1. The van der Waals surface area contributed by atoms with Gasteiger partial charge in [-0.05, 0) is 36.1 Å². The molecule has 1 saturated carbocycles. The first-order valence-electron chi connectivity index (χ1n) is 9.97. The number of pyridine rings is 1. The lowest BCUT2D eigenvalue weighted by atomic mass is 9.85. The van der Waals surface area contributed by atoms with Crippen LogP contribution in [0.3, 0.4) is 0 Å². The van der Waals surface area contributed by atoms with Crippen molar-refractivity contribution in [1.29, 1.82) is 0 Å². The summed E-state index contributed by atoms with van der Waals surface area (Å²) in [6.45, 7) is 0. The average Bonchev–Trinajstić information content (AvgIpc) is 3.23. The minimum Gasteiger partial charge on any atom is -0.301 e. The van der Waals surface area contributed by atoms with Gasteiger partial charge in [0.1, 0.15) is 0 Å². The van der Waals surface area contributed by atoms with E-state index in [9.17, 15) is 4.79 Å². The van der Waals surface area contributed by atoms with Crippen molar-refractivity contribution < 1.29 is 4.79 Å². The maximum Gasteiger partial charge on any atom is 0.233 e. The number of nitrogens with zero attached hydrogens (tertiary/aromatic N) is 2. The Hall–Kier alpha value is -2.97. The Labute approximate surface area is 175 Å². The third-order valence-corrected chi connectivity index (χ3v) is 6.18. The van der Waals surface area contributed by atoms with Gasteiger partial charge in [0.05, 0.1) is 11.6 Å². The Bertz CT molecular complexity index is 999. The Morgan fingerprint density at radius 3 is 2.62 bits per heavy atom. The molecule has 1 aromatic carbocycles. The van der Waals surface area contributed by atoms with Gasteiger partial charge in [0.25, 0.3) is 0 Å². The molecule has 0 bridgehead atoms. The fourth-order valence-corrected chi connectivity index (χ4v) is 4.45. The van der Waals surface area contributed by atoms with E-state index in [4.69, 9.17) is 6.42 Å². The molecule has 2 aromatic rings. The van der Waals surface area contributed by atoms with E-state index in [1.807, 2.05) is 41.9 Å². The number of aromatic nitrogens is 2. The second-order valence-electron chi connectivity index (χ2n) is 7.43. The van der Waals surface area contributed by atoms with E-state index in [2.05, 4.69) is 27.3 Å². The number of anilines is 1. The predicted octanol–water partition coefficient (Wildman–Crippen LogP) is 5.49. The zero-order chi connectivity index (χ0) is 20.1. The van der Waals surface area contributed by atoms with Crippen LogP contribution in [0.2, 0.25) is 0 Å². The molecule has 0 radical (unpaired) electrons. The van der Waals surface area contributed by atoms with Gasteiger partial charge >= 0.3 is 0 Å². The number of amides is 1. The molecule has 1 fully saturated rings. The topological polar surface area (TPSA) is 54.9 Å². The molecular formula is C24H23N3OS. The Morgan fingerprint density at radius 2 is 2.03 bits per heavy atom. The molecule has 1 aliphatic heterocycles. The van der Waals surface area contributed by atoms with Gasteiger partial charge in [-0.15, -0.1) is 17.8 Å². The predicted molar refractivity (Wildman–Crippen MR) is 118 cm³/mol. The summed E-state index contributed by atoms with van der Waals surface area (Å²) in [5, 5.41) is 5.45. The number of terminal acetylenes is 1. The summed E-state index contributed by atoms with van der Waals surface area (Å²) in [5.41, 5.74) is 4.26. The third-order valence-electron chi connectivity index (χ3n) is 5.49. The number of benzene rings is 1. The summed E-state index contributed by atoms with van der Waals surface area (Å²) in [7, 11) is 0. The molecule has 3 aliphatic rings. The van der Waals surface area contributed by atoms with Gasteiger partial charge in [-0.1, -0.05) is 49.8 Å². The van der Waals surface area contributed by atoms with E-state index in [1.165, 1.54) is 48.3 Å². The minimum atomic E-state index is -0.214. The van der Waals surface area contributed by atoms with Crippen molar-refractivity contribution in [1.82, 2.24) is 9.97 Å². The highest BCUT2D eigenvalue weighted by molar-refractivity contribution is 7.13. The molecule has 146 valence electrons. The molecule has 5 heteroatoms. The van der Waals surface area contributed by atoms with Crippen molar-refractivity contribution >= 4 is 22.4 Å². The van der Waals surface area contributed by atoms with Crippen molar-refractivity contribution in [3.8, 4) is 23.6 Å². The van der Waals surface area contributed by atoms with Gasteiger partial charge in [0.2, 0.25) is 5.91 Å². The van der Waals surface area contributed by atoms with Crippen LogP contribution in [0.1, 0.15) is 49.1 Å². The first-order chi connectivity index (χ1) is 14.2. The van der Waals surface area contributed by atoms with Crippen LogP contribution in [0.4, 0.5) is 5.13 Å². The number of hydrogen-bond donors (Lipinski definition) is 1. The van der Waals surface area contributed by atoms with Crippen molar-refractivity contribution in [3.05, 3.63) is 65.3 Å². The molecule has 1 aromatic heterocycles. The third kappa shape index (κ3) is 4.90. The standard InChI is InChI=1S/C19H20N2OS.C5H3N/c1-2-15-9-5-6-10-16(15)17(13-14-7-3-4-8-14)18(22)21-19-20-11-12-23-19;1-2-6-5-3-4(1)5/h1,5-6,9-12,14,17H,3-4,7-8,13H2,(H,20,21,22);1-3H. The highest BCUT2D eigenvalue weighted by Crippen LogP contribution is 2.36. The monoisotopic (exact) mass is 401 g/mol. The van der Waals surface area contributed by atoms with Gasteiger partial charge in [-0.25, -0.2) is 4.98 Å². The highest BCUT2D eigenvalue weighted by Gasteiger charge is 2.28. The van der Waals surface area contributed by atoms with Crippen molar-refractivity contribution in [2.45, 2.75) is 38.0 Å². The first-order valence-corrected chi connectivity index (χ1v) is 10.8. The molecular weight excluding hydrogens is 378 g/mol. The quantitative estimate of drug-likeness (QED) is 0.450. The summed E-state index contributed by atoms with van der Waals surface area (Å²) >= 11 is 1.43. The van der Waals surface area contributed by atoms with Crippen molar-refractivity contribution in [3.63, 3.8) is 0 Å². The minimum absolute atomic E-state index is 0.00505. The van der Waals surface area contributed by atoms with Crippen LogP contribution in [0.5, 0.6) is 0 Å². The smallest absolute Gasteiger partial charge is 0.233 e. The maximum absolute atomic E-state index is 12.9. The van der Waals surface area contributed by atoms with E-state index in [0.29, 0.717) is 11.0 Å². The lowest BCUT2D eigenvalue weighted by Crippen LogP contribution is -2.23. The normalized spacial score (nSPS) is 15.0. The van der Waals surface area contributed by atoms with Gasteiger partial charge in [0.15, 0.2) is 5.13 Å². The number of fused-ring (bicyclic) bond motifs is 1. The number of carbonyl (C=O) groups excluding carboxylic acids is 1. The largest absolute Gasteiger partial charge is 0.301 e. The fraction of sp³-hybridized carbons (Fsp3) is 0.292. The molecule has 1 unspecified atom stereocenters. The van der Waals surface area contributed by atoms with E-state index >= 15 is 0 Å². The lowest BCUT2D eigenvalue weighted by Gasteiger charge is -2.21. The summed E-state index contributed by atoms with van der Waals surface area (Å²) in [4.78, 5) is 21.0. The molecule has 1 amide bonds. The molecule has 4 nitrogen and oxygen atoms in total. The Morgan fingerprint density at radius 1 is 1.21 bits per heavy atom. The van der Waals surface area contributed by atoms with Gasteiger partial charge in [0, 0.05) is 28.9 Å². The molecule has 0 spiro atoms. The van der Waals surface area contributed by atoms with E-state index in [1.54, 1.807) is 6.20 Å². The molecule has 29 heavy (non-hydrogen) atoms. The zero-order valence-electron chi connectivity index (χ0n) is 16.2. The van der Waals surface area contributed by atoms with Crippen LogP contribution in [0.25, 0.3) is 11.3 Å². The number of hydrogen-bond acceptors (Lipinski definition) is 4. The second-order valence-corrected chi connectivity index (χ2v) is 8.32. The summed E-state index contributed by atoms with van der Waals surface area (Å²) in [6.07, 6.45) is 15.0. The van der Waals surface area contributed by atoms with Crippen LogP contribution < -0.4 is 5.32 Å². The average molecular weight is 402 g/mol. The van der Waals surface area contributed by atoms with Crippen LogP contribution in [0.15, 0.2) is 54.2 Å². The molecule has 0 saturated heterocycles. The maximum atomic E-state index is 12.9. The van der Waals surface area contributed by atoms with Gasteiger partial charge in [-0.3, -0.25) is 9.78 Å². The molecule has 2 heterocycles. The number of carbonyl (C=O) groups is 1. The molecule has 1 N–H and O–H groups in total. The SMILES string of the molecule is C#Cc1ccccc1C(CC1CCCC1)C(=O)Nc1nccs1.c1cc2cc-2n1. The Balaban J connectivity index is 0.000000286. The second kappa shape index (κ2) is 9.02. The Kier molecular flexibility index (Phi) is 6.02. The van der Waals surface area contributed by atoms with E-state index in [0.717, 1.165) is 17.5 Å². The highest BCUT2D eigenvalue weighted by atomic mass is 32.1. The van der Waals surface area contributed by atoms with Crippen LogP contribution in [-0.4, -0.2) is 15.9 Å². The van der Waals surface area contributed by atoms with Gasteiger partial charge in [-0.2, -0.15) is 0 Å². The van der Waals surface area contributed by atoms with Crippen molar-refractivity contribution in [2.24, 2.45) is 5.92 Å². The fourth-order valence-electron chi connectivity index (χ4n) is 3.92. The van der Waals surface area contributed by atoms with Crippen LogP contribution in [0, 0.1) is 18.3 Å². The summed E-state index contributed by atoms with van der Waals surface area (Å²) < 4.78 is 0. The molecule has 5 rings (SSSR count). The molecule has 2 aliphatic carbocycles. The van der Waals surface area contributed by atoms with E-state index in [-0.39, 0.29) is 11.8 Å². The van der Waals surface area contributed by atoms with Crippen molar-refractivity contribution in [2.75, 3.05) is 5.32 Å². The van der Waals surface area contributed by atoms with Gasteiger partial charge < -0.3 is 5.32 Å². The number of rotatable bonds is 5. The first kappa shape index (κ1) is 19.4. The van der Waals surface area contributed by atoms with Crippen LogP contribution in [-0.2, 0) is 4.79 Å². The summed E-state index contributed by atoms with van der Waals surface area (Å²) in [6, 6.07) is 11.8. The zero-order valence-corrected chi connectivity index (χ0v) is 17.0.